The molecule has 8 heteroatoms. The molecule has 1 aliphatic heterocycles. The van der Waals surface area contributed by atoms with E-state index in [0.29, 0.717) is 23.4 Å². The molecule has 146 valence electrons. The third-order valence-corrected chi connectivity index (χ3v) is 6.71. The SMILES string of the molecule is NCC1(NC(=O)c2ccc(NC3=NS(=O)(=O)c4ccccc43)cc2)CCCC1. The predicted molar refractivity (Wildman–Crippen MR) is 108 cm³/mol. The van der Waals surface area contributed by atoms with E-state index in [9.17, 15) is 13.2 Å². The van der Waals surface area contributed by atoms with Crippen LogP contribution in [0.4, 0.5) is 5.69 Å². The maximum atomic E-state index is 12.6. The fraction of sp³-hybridized carbons (Fsp3) is 0.300. The number of anilines is 1. The standard InChI is InChI=1S/C20H22N4O3S/c21-13-20(11-3-4-12-20)23-19(25)14-7-9-15(10-8-14)22-18-16-5-1-2-6-17(16)28(26,27)24-18/h1-2,5-10H,3-4,11-13,21H2,(H,22,24)(H,23,25). The Hall–Kier alpha value is -2.71. The Labute approximate surface area is 164 Å². The Kier molecular flexibility index (Phi) is 4.68. The van der Waals surface area contributed by atoms with Gasteiger partial charge in [0.2, 0.25) is 0 Å². The maximum Gasteiger partial charge on any atom is 0.285 e. The number of nitrogens with one attached hydrogen (secondary N) is 2. The van der Waals surface area contributed by atoms with Crippen LogP contribution in [0.3, 0.4) is 0 Å². The molecule has 0 radical (unpaired) electrons. The highest BCUT2D eigenvalue weighted by Crippen LogP contribution is 2.29. The molecule has 4 rings (SSSR count). The molecule has 1 saturated carbocycles. The minimum Gasteiger partial charge on any atom is -0.345 e. The van der Waals surface area contributed by atoms with Gasteiger partial charge >= 0.3 is 0 Å². The molecule has 0 bridgehead atoms. The molecule has 28 heavy (non-hydrogen) atoms. The summed E-state index contributed by atoms with van der Waals surface area (Å²) in [6.07, 6.45) is 3.96. The van der Waals surface area contributed by atoms with Crippen LogP contribution in [0, 0.1) is 0 Å². The largest absolute Gasteiger partial charge is 0.345 e. The van der Waals surface area contributed by atoms with Gasteiger partial charge in [-0.15, -0.1) is 4.40 Å². The van der Waals surface area contributed by atoms with Crippen molar-refractivity contribution in [2.24, 2.45) is 10.1 Å². The summed E-state index contributed by atoms with van der Waals surface area (Å²) in [6, 6.07) is 13.5. The van der Waals surface area contributed by atoms with Crippen LogP contribution < -0.4 is 16.4 Å². The number of nitrogens with zero attached hydrogens (tertiary/aromatic N) is 1. The maximum absolute atomic E-state index is 12.6. The van der Waals surface area contributed by atoms with Crippen molar-refractivity contribution in [2.45, 2.75) is 36.1 Å². The number of nitrogens with two attached hydrogens (primary N) is 1. The Balaban J connectivity index is 1.49. The van der Waals surface area contributed by atoms with Crippen molar-refractivity contribution in [3.63, 3.8) is 0 Å². The number of amides is 1. The lowest BCUT2D eigenvalue weighted by Gasteiger charge is -2.28. The van der Waals surface area contributed by atoms with Crippen LogP contribution in [-0.4, -0.2) is 32.2 Å². The van der Waals surface area contributed by atoms with E-state index in [1.165, 1.54) is 6.07 Å². The van der Waals surface area contributed by atoms with E-state index in [1.807, 2.05) is 0 Å². The zero-order valence-electron chi connectivity index (χ0n) is 15.3. The van der Waals surface area contributed by atoms with Crippen molar-refractivity contribution >= 4 is 27.5 Å². The van der Waals surface area contributed by atoms with Crippen molar-refractivity contribution in [3.05, 3.63) is 59.7 Å². The second-order valence-corrected chi connectivity index (χ2v) is 8.83. The Morgan fingerprint density at radius 1 is 1.07 bits per heavy atom. The predicted octanol–water partition coefficient (Wildman–Crippen LogP) is 2.25. The lowest BCUT2D eigenvalue weighted by Crippen LogP contribution is -2.51. The molecule has 0 spiro atoms. The fourth-order valence-electron chi connectivity index (χ4n) is 3.78. The number of hydrogen-bond acceptors (Lipinski definition) is 5. The van der Waals surface area contributed by atoms with Crippen LogP contribution in [0.15, 0.2) is 57.8 Å². The first kappa shape index (κ1) is 18.6. The Morgan fingerprint density at radius 3 is 2.43 bits per heavy atom. The zero-order valence-corrected chi connectivity index (χ0v) is 16.1. The molecule has 1 aliphatic carbocycles. The number of hydrogen-bond donors (Lipinski definition) is 3. The van der Waals surface area contributed by atoms with Crippen molar-refractivity contribution in [1.82, 2.24) is 5.32 Å². The van der Waals surface area contributed by atoms with Gasteiger partial charge in [0.15, 0.2) is 5.84 Å². The molecule has 0 aromatic heterocycles. The minimum absolute atomic E-state index is 0.148. The molecule has 2 aromatic rings. The van der Waals surface area contributed by atoms with E-state index in [0.717, 1.165) is 25.7 Å². The summed E-state index contributed by atoms with van der Waals surface area (Å²) >= 11 is 0. The van der Waals surface area contributed by atoms with Crippen LogP contribution in [-0.2, 0) is 10.0 Å². The van der Waals surface area contributed by atoms with E-state index in [4.69, 9.17) is 5.73 Å². The number of benzene rings is 2. The van der Waals surface area contributed by atoms with Gasteiger partial charge in [-0.1, -0.05) is 25.0 Å². The van der Waals surface area contributed by atoms with Crippen molar-refractivity contribution in [1.29, 1.82) is 0 Å². The molecular weight excluding hydrogens is 376 g/mol. The first-order valence-electron chi connectivity index (χ1n) is 9.27. The van der Waals surface area contributed by atoms with E-state index < -0.39 is 10.0 Å². The lowest BCUT2D eigenvalue weighted by atomic mass is 9.97. The average molecular weight is 398 g/mol. The van der Waals surface area contributed by atoms with E-state index in [-0.39, 0.29) is 22.2 Å². The molecular formula is C20H22N4O3S. The molecule has 4 N–H and O–H groups in total. The summed E-state index contributed by atoms with van der Waals surface area (Å²) in [7, 11) is -3.67. The fourth-order valence-corrected chi connectivity index (χ4v) is 4.96. The average Bonchev–Trinajstić information content (AvgIpc) is 3.26. The normalized spacial score (nSPS) is 19.0. The van der Waals surface area contributed by atoms with E-state index >= 15 is 0 Å². The molecule has 2 aliphatic rings. The third kappa shape index (κ3) is 3.41. The van der Waals surface area contributed by atoms with E-state index in [2.05, 4.69) is 15.0 Å². The molecule has 2 aromatic carbocycles. The van der Waals surface area contributed by atoms with Crippen molar-refractivity contribution in [2.75, 3.05) is 11.9 Å². The molecule has 0 atom stereocenters. The van der Waals surface area contributed by atoms with Gasteiger partial charge in [-0.05, 0) is 49.2 Å². The molecule has 1 fully saturated rings. The van der Waals surface area contributed by atoms with Gasteiger partial charge in [0, 0.05) is 23.4 Å². The molecule has 1 heterocycles. The summed E-state index contributed by atoms with van der Waals surface area (Å²) < 4.78 is 28.1. The van der Waals surface area contributed by atoms with Crippen molar-refractivity contribution < 1.29 is 13.2 Å². The summed E-state index contributed by atoms with van der Waals surface area (Å²) in [4.78, 5) is 12.8. The van der Waals surface area contributed by atoms with Gasteiger partial charge in [-0.3, -0.25) is 4.79 Å². The number of fused-ring (bicyclic) bond motifs is 1. The Bertz CT molecular complexity index is 1040. The first-order chi connectivity index (χ1) is 13.4. The third-order valence-electron chi connectivity index (χ3n) is 5.37. The van der Waals surface area contributed by atoms with Gasteiger partial charge in [-0.2, -0.15) is 8.42 Å². The molecule has 0 saturated heterocycles. The van der Waals surface area contributed by atoms with Crippen LogP contribution >= 0.6 is 0 Å². The van der Waals surface area contributed by atoms with Gasteiger partial charge in [-0.25, -0.2) is 0 Å². The highest BCUT2D eigenvalue weighted by Gasteiger charge is 2.34. The minimum atomic E-state index is -3.67. The number of sulfonamides is 1. The van der Waals surface area contributed by atoms with Crippen LogP contribution in [0.5, 0.6) is 0 Å². The molecule has 7 nitrogen and oxygen atoms in total. The number of carbonyl (C=O) groups excluding carboxylic acids is 1. The van der Waals surface area contributed by atoms with Gasteiger partial charge in [0.05, 0.1) is 5.54 Å². The summed E-state index contributed by atoms with van der Waals surface area (Å²) in [5.41, 5.74) is 7.30. The highest BCUT2D eigenvalue weighted by molar-refractivity contribution is 7.90. The topological polar surface area (TPSA) is 114 Å². The monoisotopic (exact) mass is 398 g/mol. The highest BCUT2D eigenvalue weighted by atomic mass is 32.2. The van der Waals surface area contributed by atoms with Crippen molar-refractivity contribution in [3.8, 4) is 0 Å². The smallest absolute Gasteiger partial charge is 0.285 e. The lowest BCUT2D eigenvalue weighted by molar-refractivity contribution is 0.0903. The number of amidine groups is 1. The summed E-state index contributed by atoms with van der Waals surface area (Å²) in [5.74, 6) is 0.130. The first-order valence-corrected chi connectivity index (χ1v) is 10.7. The van der Waals surface area contributed by atoms with Crippen LogP contribution in [0.1, 0.15) is 41.6 Å². The Morgan fingerprint density at radius 2 is 1.75 bits per heavy atom. The van der Waals surface area contributed by atoms with Gasteiger partial charge in [0.1, 0.15) is 4.90 Å². The number of carbonyl (C=O) groups is 1. The van der Waals surface area contributed by atoms with Gasteiger partial charge < -0.3 is 16.4 Å². The summed E-state index contributed by atoms with van der Waals surface area (Å²) in [5, 5.41) is 6.12. The van der Waals surface area contributed by atoms with E-state index in [1.54, 1.807) is 42.5 Å². The quantitative estimate of drug-likeness (QED) is 0.731. The van der Waals surface area contributed by atoms with Crippen LogP contribution in [0.2, 0.25) is 0 Å². The van der Waals surface area contributed by atoms with Crippen LogP contribution in [0.25, 0.3) is 0 Å². The zero-order chi connectivity index (χ0) is 19.8. The van der Waals surface area contributed by atoms with Gasteiger partial charge in [0.25, 0.3) is 15.9 Å². The molecule has 0 unspecified atom stereocenters. The molecule has 1 amide bonds. The summed E-state index contributed by atoms with van der Waals surface area (Å²) in [6.45, 7) is 0.437. The second-order valence-electron chi connectivity index (χ2n) is 7.26. The second kappa shape index (κ2) is 7.03. The number of rotatable bonds is 4.